The van der Waals surface area contributed by atoms with Crippen LogP contribution in [-0.4, -0.2) is 61.7 Å². The molecule has 0 atom stereocenters. The van der Waals surface area contributed by atoms with Gasteiger partial charge in [-0.2, -0.15) is 13.2 Å². The van der Waals surface area contributed by atoms with Gasteiger partial charge in [-0.3, -0.25) is 4.79 Å². The average molecular weight is 453 g/mol. The highest BCUT2D eigenvalue weighted by atomic mass is 19.4. The van der Waals surface area contributed by atoms with Crippen molar-refractivity contribution in [2.24, 2.45) is 0 Å². The number of rotatable bonds is 4. The minimum absolute atomic E-state index is 0.0724. The lowest BCUT2D eigenvalue weighted by molar-refractivity contribution is -0.192. The summed E-state index contributed by atoms with van der Waals surface area (Å²) in [6.45, 7) is 3.00. The number of alkyl halides is 3. The van der Waals surface area contributed by atoms with E-state index in [2.05, 4.69) is 25.6 Å². The molecule has 170 valence electrons. The van der Waals surface area contributed by atoms with E-state index >= 15 is 0 Å². The second-order valence-corrected chi connectivity index (χ2v) is 6.64. The van der Waals surface area contributed by atoms with Crippen LogP contribution < -0.4 is 21.1 Å². The molecular formula is C18H18F3N7O4. The number of fused-ring (bicyclic) bond motifs is 1. The second-order valence-electron chi connectivity index (χ2n) is 6.64. The molecule has 14 heteroatoms. The van der Waals surface area contributed by atoms with E-state index in [1.54, 1.807) is 12.4 Å². The summed E-state index contributed by atoms with van der Waals surface area (Å²) in [5.74, 6) is -1.82. The van der Waals surface area contributed by atoms with Gasteiger partial charge in [0.25, 0.3) is 5.88 Å². The van der Waals surface area contributed by atoms with Crippen LogP contribution in [0.1, 0.15) is 6.92 Å². The van der Waals surface area contributed by atoms with Crippen LogP contribution in [-0.2, 0) is 9.59 Å². The topological polar surface area (TPSA) is 157 Å². The second kappa shape index (κ2) is 9.05. The van der Waals surface area contributed by atoms with Crippen molar-refractivity contribution in [3.8, 4) is 17.1 Å². The number of ether oxygens (including phenoxy) is 1. The van der Waals surface area contributed by atoms with E-state index in [1.807, 2.05) is 22.7 Å². The highest BCUT2D eigenvalue weighted by Crippen LogP contribution is 2.25. The first kappa shape index (κ1) is 22.7. The van der Waals surface area contributed by atoms with Crippen molar-refractivity contribution in [3.63, 3.8) is 0 Å². The average Bonchev–Trinajstić information content (AvgIpc) is 3.06. The Morgan fingerprint density at radius 3 is 2.53 bits per heavy atom. The standard InChI is InChI=1S/C16H17N7O2.C2HF3O2/c1-9(24)20-13-8-23-7-10(2-3-14(23)22-13)12-6-19-15(17)16(21-12)25-11-4-18-5-11;3-2(4,5)1(6)7/h2-3,6-8,11,18H,4-5H2,1H3,(H2,17,19)(H,20,24);(H,6,7). The van der Waals surface area contributed by atoms with Crippen molar-refractivity contribution in [1.29, 1.82) is 0 Å². The molecule has 0 radical (unpaired) electrons. The third kappa shape index (κ3) is 5.60. The van der Waals surface area contributed by atoms with Crippen LogP contribution in [0.4, 0.5) is 24.8 Å². The molecule has 1 aliphatic rings. The van der Waals surface area contributed by atoms with Gasteiger partial charge in [0.15, 0.2) is 11.6 Å². The molecule has 0 aliphatic carbocycles. The Balaban J connectivity index is 0.000000360. The Bertz CT molecular complexity index is 1150. The summed E-state index contributed by atoms with van der Waals surface area (Å²) in [4.78, 5) is 33.0. The van der Waals surface area contributed by atoms with Crippen LogP contribution >= 0.6 is 0 Å². The third-order valence-corrected chi connectivity index (χ3v) is 4.08. The van der Waals surface area contributed by atoms with Crippen LogP contribution in [0.3, 0.4) is 0 Å². The smallest absolute Gasteiger partial charge is 0.475 e. The van der Waals surface area contributed by atoms with Gasteiger partial charge in [0.2, 0.25) is 5.91 Å². The van der Waals surface area contributed by atoms with Crippen molar-refractivity contribution in [2.75, 3.05) is 24.1 Å². The molecule has 0 aromatic carbocycles. The van der Waals surface area contributed by atoms with Gasteiger partial charge in [-0.15, -0.1) is 0 Å². The van der Waals surface area contributed by atoms with Crippen molar-refractivity contribution in [3.05, 3.63) is 30.7 Å². The lowest BCUT2D eigenvalue weighted by Crippen LogP contribution is -2.50. The summed E-state index contributed by atoms with van der Waals surface area (Å²) >= 11 is 0. The van der Waals surface area contributed by atoms with E-state index in [-0.39, 0.29) is 17.8 Å². The van der Waals surface area contributed by atoms with Gasteiger partial charge in [-0.25, -0.2) is 19.7 Å². The number of amides is 1. The van der Waals surface area contributed by atoms with Gasteiger partial charge in [-0.1, -0.05) is 0 Å². The van der Waals surface area contributed by atoms with Gasteiger partial charge in [0.05, 0.1) is 18.1 Å². The van der Waals surface area contributed by atoms with Crippen LogP contribution in [0.5, 0.6) is 5.88 Å². The Morgan fingerprint density at radius 2 is 1.97 bits per heavy atom. The maximum atomic E-state index is 11.2. The minimum Gasteiger partial charge on any atom is -0.475 e. The SMILES string of the molecule is CC(=O)Nc1cn2cc(-c3cnc(N)c(OC4CNC4)n3)ccc2n1.O=C(O)C(F)(F)F. The molecule has 4 rings (SSSR count). The Morgan fingerprint density at radius 1 is 1.28 bits per heavy atom. The van der Waals surface area contributed by atoms with Crippen molar-refractivity contribution in [1.82, 2.24) is 24.7 Å². The zero-order valence-electron chi connectivity index (χ0n) is 16.6. The first-order chi connectivity index (χ1) is 15.0. The maximum Gasteiger partial charge on any atom is 0.490 e. The van der Waals surface area contributed by atoms with Crippen LogP contribution in [0, 0.1) is 0 Å². The fourth-order valence-corrected chi connectivity index (χ4v) is 2.49. The molecule has 1 amide bonds. The third-order valence-electron chi connectivity index (χ3n) is 4.08. The summed E-state index contributed by atoms with van der Waals surface area (Å²) in [5, 5.41) is 12.9. The number of carboxylic acids is 1. The molecule has 0 spiro atoms. The van der Waals surface area contributed by atoms with E-state index in [0.717, 1.165) is 18.7 Å². The van der Waals surface area contributed by atoms with Crippen LogP contribution in [0.25, 0.3) is 16.9 Å². The zero-order chi connectivity index (χ0) is 23.5. The molecule has 0 saturated carbocycles. The number of hydrogen-bond donors (Lipinski definition) is 4. The normalized spacial score (nSPS) is 13.6. The quantitative estimate of drug-likeness (QED) is 0.457. The Hall–Kier alpha value is -3.94. The summed E-state index contributed by atoms with van der Waals surface area (Å²) < 4.78 is 39.3. The van der Waals surface area contributed by atoms with Gasteiger partial charge in [-0.05, 0) is 12.1 Å². The number of carbonyl (C=O) groups excluding carboxylic acids is 1. The van der Waals surface area contributed by atoms with E-state index in [1.165, 1.54) is 6.92 Å². The zero-order valence-corrected chi connectivity index (χ0v) is 16.6. The lowest BCUT2D eigenvalue weighted by atomic mass is 10.2. The molecule has 3 aromatic rings. The molecular weight excluding hydrogens is 435 g/mol. The molecule has 1 aliphatic heterocycles. The number of halogens is 3. The summed E-state index contributed by atoms with van der Waals surface area (Å²) in [6, 6.07) is 3.73. The van der Waals surface area contributed by atoms with Crippen molar-refractivity contribution < 1.29 is 32.6 Å². The number of aliphatic carboxylic acids is 1. The molecule has 3 aromatic heterocycles. The van der Waals surface area contributed by atoms with E-state index in [0.29, 0.717) is 23.0 Å². The van der Waals surface area contributed by atoms with Crippen molar-refractivity contribution in [2.45, 2.75) is 19.2 Å². The first-order valence-corrected chi connectivity index (χ1v) is 9.09. The van der Waals surface area contributed by atoms with E-state index < -0.39 is 12.1 Å². The number of hydrogen-bond acceptors (Lipinski definition) is 8. The fourth-order valence-electron chi connectivity index (χ4n) is 2.49. The number of nitrogens with one attached hydrogen (secondary N) is 2. The summed E-state index contributed by atoms with van der Waals surface area (Å²) in [7, 11) is 0. The molecule has 0 bridgehead atoms. The van der Waals surface area contributed by atoms with Crippen molar-refractivity contribution >= 4 is 29.2 Å². The Labute approximate surface area is 178 Å². The predicted octanol–water partition coefficient (Wildman–Crippen LogP) is 1.32. The number of anilines is 2. The largest absolute Gasteiger partial charge is 0.490 e. The number of imidazole rings is 1. The van der Waals surface area contributed by atoms with E-state index in [9.17, 15) is 18.0 Å². The van der Waals surface area contributed by atoms with Gasteiger partial charge in [0, 0.05) is 31.8 Å². The number of nitrogens with two attached hydrogens (primary N) is 1. The summed E-state index contributed by atoms with van der Waals surface area (Å²) in [6.07, 6.45) is 0.196. The molecule has 5 N–H and O–H groups in total. The maximum absolute atomic E-state index is 11.2. The van der Waals surface area contributed by atoms with Gasteiger partial charge in [0.1, 0.15) is 11.8 Å². The number of pyridine rings is 1. The number of carbonyl (C=O) groups is 2. The number of nitrogen functional groups attached to an aromatic ring is 1. The molecule has 0 unspecified atom stereocenters. The highest BCUT2D eigenvalue weighted by Gasteiger charge is 2.38. The van der Waals surface area contributed by atoms with Crippen LogP contribution in [0.15, 0.2) is 30.7 Å². The number of carboxylic acid groups (broad SMARTS) is 1. The predicted molar refractivity (Wildman–Crippen MR) is 106 cm³/mol. The number of nitrogens with zero attached hydrogens (tertiary/aromatic N) is 4. The van der Waals surface area contributed by atoms with Crippen LogP contribution in [0.2, 0.25) is 0 Å². The molecule has 4 heterocycles. The fraction of sp³-hybridized carbons (Fsp3) is 0.278. The lowest BCUT2D eigenvalue weighted by Gasteiger charge is -2.27. The van der Waals surface area contributed by atoms with E-state index in [4.69, 9.17) is 20.4 Å². The highest BCUT2D eigenvalue weighted by molar-refractivity contribution is 5.87. The Kier molecular flexibility index (Phi) is 6.43. The number of aromatic nitrogens is 4. The molecule has 1 fully saturated rings. The first-order valence-electron chi connectivity index (χ1n) is 9.09. The summed E-state index contributed by atoms with van der Waals surface area (Å²) in [5.41, 5.74) is 8.06. The molecule has 32 heavy (non-hydrogen) atoms. The molecule has 1 saturated heterocycles. The van der Waals surface area contributed by atoms with Gasteiger partial charge >= 0.3 is 12.1 Å². The molecule has 11 nitrogen and oxygen atoms in total. The van der Waals surface area contributed by atoms with Gasteiger partial charge < -0.3 is 30.6 Å². The minimum atomic E-state index is -5.08. The monoisotopic (exact) mass is 453 g/mol.